The Morgan fingerprint density at radius 1 is 1.03 bits per heavy atom. The molecule has 0 fully saturated rings. The first-order valence-corrected chi connectivity index (χ1v) is 10.5. The third kappa shape index (κ3) is 3.47. The molecule has 1 amide bonds. The Labute approximate surface area is 176 Å². The molecule has 8 heteroatoms. The molecule has 4 aromatic rings. The normalized spacial score (nSPS) is 13.1. The molecule has 2 aromatic carbocycles. The first-order chi connectivity index (χ1) is 14.2. The molecule has 6 nitrogen and oxygen atoms in total. The summed E-state index contributed by atoms with van der Waals surface area (Å²) >= 11 is 7.32. The number of anilines is 1. The van der Waals surface area contributed by atoms with Gasteiger partial charge in [0, 0.05) is 22.8 Å². The van der Waals surface area contributed by atoms with Gasteiger partial charge in [-0.1, -0.05) is 53.7 Å². The highest BCUT2D eigenvalue weighted by atomic mass is 35.5. The van der Waals surface area contributed by atoms with Crippen molar-refractivity contribution in [2.75, 3.05) is 17.2 Å². The molecule has 3 heterocycles. The van der Waals surface area contributed by atoms with Crippen molar-refractivity contribution in [3.8, 4) is 11.3 Å². The standard InChI is InChI=1S/C21H16ClN5OS/c22-16-7-5-14(6-8-16)17-9-10-19-23-24-21(27(19)25-17)29-13-20(28)26-12-11-15-3-1-2-4-18(15)26/h1-10H,11-13H2. The lowest BCUT2D eigenvalue weighted by Crippen LogP contribution is -2.30. The highest BCUT2D eigenvalue weighted by molar-refractivity contribution is 7.99. The minimum absolute atomic E-state index is 0.0607. The number of amides is 1. The number of aromatic nitrogens is 4. The highest BCUT2D eigenvalue weighted by Crippen LogP contribution is 2.29. The maximum Gasteiger partial charge on any atom is 0.237 e. The van der Waals surface area contributed by atoms with Crippen molar-refractivity contribution < 1.29 is 4.79 Å². The van der Waals surface area contributed by atoms with Crippen LogP contribution in [0.2, 0.25) is 5.02 Å². The topological polar surface area (TPSA) is 63.4 Å². The van der Waals surface area contributed by atoms with Crippen LogP contribution in [0.4, 0.5) is 5.69 Å². The second-order valence-electron chi connectivity index (χ2n) is 6.69. The third-order valence-corrected chi connectivity index (χ3v) is 6.04. The summed E-state index contributed by atoms with van der Waals surface area (Å²) in [5.41, 5.74) is 4.60. The van der Waals surface area contributed by atoms with Gasteiger partial charge >= 0.3 is 0 Å². The second-order valence-corrected chi connectivity index (χ2v) is 8.07. The molecule has 29 heavy (non-hydrogen) atoms. The van der Waals surface area contributed by atoms with Crippen molar-refractivity contribution in [1.82, 2.24) is 19.8 Å². The predicted molar refractivity (Wildman–Crippen MR) is 114 cm³/mol. The van der Waals surface area contributed by atoms with Gasteiger partial charge in [-0.3, -0.25) is 4.79 Å². The summed E-state index contributed by atoms with van der Waals surface area (Å²) in [5.74, 6) is 0.340. The Kier molecular flexibility index (Phi) is 4.69. The van der Waals surface area contributed by atoms with E-state index in [0.29, 0.717) is 15.8 Å². The number of hydrogen-bond donors (Lipinski definition) is 0. The average molecular weight is 422 g/mol. The minimum Gasteiger partial charge on any atom is -0.311 e. The number of thioether (sulfide) groups is 1. The molecule has 0 radical (unpaired) electrons. The lowest BCUT2D eigenvalue weighted by molar-refractivity contribution is -0.116. The Bertz CT molecular complexity index is 1210. The summed E-state index contributed by atoms with van der Waals surface area (Å²) in [6.07, 6.45) is 0.895. The van der Waals surface area contributed by atoms with Crippen LogP contribution < -0.4 is 4.90 Å². The summed E-state index contributed by atoms with van der Waals surface area (Å²) in [7, 11) is 0. The molecule has 0 bridgehead atoms. The van der Waals surface area contributed by atoms with Crippen molar-refractivity contribution >= 4 is 40.6 Å². The highest BCUT2D eigenvalue weighted by Gasteiger charge is 2.24. The van der Waals surface area contributed by atoms with Gasteiger partial charge in [-0.05, 0) is 42.3 Å². The molecule has 0 aliphatic carbocycles. The SMILES string of the molecule is O=C(CSc1nnc2ccc(-c3ccc(Cl)cc3)nn12)N1CCc2ccccc21. The smallest absolute Gasteiger partial charge is 0.237 e. The molecule has 0 saturated carbocycles. The summed E-state index contributed by atoms with van der Waals surface area (Å²) in [4.78, 5) is 14.6. The number of para-hydroxylation sites is 1. The van der Waals surface area contributed by atoms with Gasteiger partial charge in [0.05, 0.1) is 11.4 Å². The fourth-order valence-corrected chi connectivity index (χ4v) is 4.32. The average Bonchev–Trinajstić information content (AvgIpc) is 3.36. The summed E-state index contributed by atoms with van der Waals surface area (Å²) < 4.78 is 1.68. The van der Waals surface area contributed by atoms with Gasteiger partial charge in [-0.15, -0.1) is 10.2 Å². The molecule has 0 unspecified atom stereocenters. The molecule has 1 aliphatic rings. The molecular formula is C21H16ClN5OS. The van der Waals surface area contributed by atoms with Crippen LogP contribution in [0, 0.1) is 0 Å². The summed E-state index contributed by atoms with van der Waals surface area (Å²) in [6.45, 7) is 0.721. The zero-order valence-electron chi connectivity index (χ0n) is 15.3. The van der Waals surface area contributed by atoms with Crippen molar-refractivity contribution in [3.05, 3.63) is 71.2 Å². The van der Waals surface area contributed by atoms with E-state index >= 15 is 0 Å². The molecule has 2 aromatic heterocycles. The van der Waals surface area contributed by atoms with E-state index in [1.807, 2.05) is 59.5 Å². The van der Waals surface area contributed by atoms with E-state index in [0.717, 1.165) is 29.9 Å². The Balaban J connectivity index is 1.36. The van der Waals surface area contributed by atoms with Gasteiger partial charge in [-0.2, -0.15) is 9.61 Å². The third-order valence-electron chi connectivity index (χ3n) is 4.89. The lowest BCUT2D eigenvalue weighted by Gasteiger charge is -2.16. The number of nitrogens with zero attached hydrogens (tertiary/aromatic N) is 5. The van der Waals surface area contributed by atoms with E-state index in [2.05, 4.69) is 21.4 Å². The molecule has 144 valence electrons. The van der Waals surface area contributed by atoms with Crippen molar-refractivity contribution in [2.45, 2.75) is 11.6 Å². The first-order valence-electron chi connectivity index (χ1n) is 9.18. The second kappa shape index (κ2) is 7.50. The molecular weight excluding hydrogens is 406 g/mol. The van der Waals surface area contributed by atoms with E-state index in [-0.39, 0.29) is 11.7 Å². The first kappa shape index (κ1) is 18.1. The van der Waals surface area contributed by atoms with Crippen LogP contribution in [0.3, 0.4) is 0 Å². The number of rotatable bonds is 4. The van der Waals surface area contributed by atoms with Crippen LogP contribution >= 0.6 is 23.4 Å². The van der Waals surface area contributed by atoms with Crippen LogP contribution in [0.15, 0.2) is 65.8 Å². The molecule has 0 saturated heterocycles. The summed E-state index contributed by atoms with van der Waals surface area (Å²) in [5, 5.41) is 14.3. The Morgan fingerprint density at radius 3 is 2.72 bits per heavy atom. The quantitative estimate of drug-likeness (QED) is 0.464. The maximum atomic E-state index is 12.8. The Hall–Kier alpha value is -2.90. The molecule has 0 spiro atoms. The zero-order chi connectivity index (χ0) is 19.8. The van der Waals surface area contributed by atoms with Crippen LogP contribution in [-0.2, 0) is 11.2 Å². The fraction of sp³-hybridized carbons (Fsp3) is 0.143. The number of hydrogen-bond acceptors (Lipinski definition) is 5. The van der Waals surface area contributed by atoms with Gasteiger partial charge in [0.1, 0.15) is 0 Å². The van der Waals surface area contributed by atoms with Crippen molar-refractivity contribution in [1.29, 1.82) is 0 Å². The largest absolute Gasteiger partial charge is 0.311 e. The van der Waals surface area contributed by atoms with Crippen LogP contribution in [0.1, 0.15) is 5.56 Å². The number of carbonyl (C=O) groups is 1. The van der Waals surface area contributed by atoms with Crippen LogP contribution in [0.25, 0.3) is 16.9 Å². The number of fused-ring (bicyclic) bond motifs is 2. The van der Waals surface area contributed by atoms with Gasteiger partial charge in [0.2, 0.25) is 11.1 Å². The lowest BCUT2D eigenvalue weighted by atomic mass is 10.1. The maximum absolute atomic E-state index is 12.8. The monoisotopic (exact) mass is 421 g/mol. The minimum atomic E-state index is 0.0607. The van der Waals surface area contributed by atoms with Gasteiger partial charge in [0.15, 0.2) is 5.65 Å². The van der Waals surface area contributed by atoms with E-state index < -0.39 is 0 Å². The fourth-order valence-electron chi connectivity index (χ4n) is 3.44. The van der Waals surface area contributed by atoms with Gasteiger partial charge in [0.25, 0.3) is 0 Å². The van der Waals surface area contributed by atoms with Crippen LogP contribution in [0.5, 0.6) is 0 Å². The van der Waals surface area contributed by atoms with E-state index in [9.17, 15) is 4.79 Å². The molecule has 1 aliphatic heterocycles. The number of benzene rings is 2. The molecule has 5 rings (SSSR count). The van der Waals surface area contributed by atoms with Crippen LogP contribution in [-0.4, -0.2) is 38.0 Å². The van der Waals surface area contributed by atoms with Gasteiger partial charge < -0.3 is 4.90 Å². The summed E-state index contributed by atoms with van der Waals surface area (Å²) in [6, 6.07) is 19.3. The predicted octanol–water partition coefficient (Wildman–Crippen LogP) is 4.13. The molecule has 0 atom stereocenters. The van der Waals surface area contributed by atoms with Gasteiger partial charge in [-0.25, -0.2) is 0 Å². The van der Waals surface area contributed by atoms with E-state index in [1.54, 1.807) is 4.52 Å². The number of carbonyl (C=O) groups excluding carboxylic acids is 1. The van der Waals surface area contributed by atoms with E-state index in [1.165, 1.54) is 17.3 Å². The zero-order valence-corrected chi connectivity index (χ0v) is 16.9. The Morgan fingerprint density at radius 2 is 1.86 bits per heavy atom. The van der Waals surface area contributed by atoms with Crippen molar-refractivity contribution in [2.24, 2.45) is 0 Å². The number of halogens is 1. The van der Waals surface area contributed by atoms with Crippen molar-refractivity contribution in [3.63, 3.8) is 0 Å². The molecule has 0 N–H and O–H groups in total. The van der Waals surface area contributed by atoms with E-state index in [4.69, 9.17) is 11.6 Å².